The zero-order chi connectivity index (χ0) is 12.3. The molecule has 92 valence electrons. The van der Waals surface area contributed by atoms with E-state index in [-0.39, 0.29) is 17.6 Å². The lowest BCUT2D eigenvalue weighted by atomic mass is 9.99. The van der Waals surface area contributed by atoms with Crippen LogP contribution in [0.3, 0.4) is 0 Å². The molecule has 1 aromatic rings. The van der Waals surface area contributed by atoms with Gasteiger partial charge < -0.3 is 10.6 Å². The second-order valence-electron chi connectivity index (χ2n) is 4.50. The molecule has 3 nitrogen and oxygen atoms in total. The smallest absolute Gasteiger partial charge is 0.228 e. The average molecular weight is 236 g/mol. The Morgan fingerprint density at radius 1 is 1.53 bits per heavy atom. The Hall–Kier alpha value is -1.42. The number of rotatable bonds is 2. The van der Waals surface area contributed by atoms with E-state index in [4.69, 9.17) is 0 Å². The first-order valence-electron chi connectivity index (χ1n) is 5.94. The van der Waals surface area contributed by atoms with Crippen LogP contribution in [0, 0.1) is 18.7 Å². The lowest BCUT2D eigenvalue weighted by Crippen LogP contribution is -2.37. The van der Waals surface area contributed by atoms with E-state index >= 15 is 0 Å². The average Bonchev–Trinajstić information content (AvgIpc) is 2.35. The van der Waals surface area contributed by atoms with Gasteiger partial charge in [-0.05, 0) is 44.0 Å². The summed E-state index contributed by atoms with van der Waals surface area (Å²) in [4.78, 5) is 11.9. The number of hydrogen-bond acceptors (Lipinski definition) is 2. The molecular formula is C13H17FN2O. The zero-order valence-electron chi connectivity index (χ0n) is 9.92. The highest BCUT2D eigenvalue weighted by Crippen LogP contribution is 2.16. The van der Waals surface area contributed by atoms with Gasteiger partial charge in [0.25, 0.3) is 0 Å². The Balaban J connectivity index is 1.99. The highest BCUT2D eigenvalue weighted by atomic mass is 19.1. The number of hydrogen-bond donors (Lipinski definition) is 2. The molecule has 2 rings (SSSR count). The molecule has 0 bridgehead atoms. The maximum Gasteiger partial charge on any atom is 0.228 e. The number of carbonyl (C=O) groups excluding carboxylic acids is 1. The third-order valence-electron chi connectivity index (χ3n) is 3.11. The molecule has 0 aliphatic carbocycles. The van der Waals surface area contributed by atoms with Crippen molar-refractivity contribution in [3.8, 4) is 0 Å². The van der Waals surface area contributed by atoms with Crippen molar-refractivity contribution in [3.05, 3.63) is 29.6 Å². The lowest BCUT2D eigenvalue weighted by molar-refractivity contribution is -0.120. The molecule has 0 saturated carbocycles. The summed E-state index contributed by atoms with van der Waals surface area (Å²) in [5.74, 6) is -0.321. The third-order valence-corrected chi connectivity index (χ3v) is 3.11. The fourth-order valence-electron chi connectivity index (χ4n) is 1.99. The van der Waals surface area contributed by atoms with E-state index in [1.54, 1.807) is 19.1 Å². The van der Waals surface area contributed by atoms with Crippen molar-refractivity contribution < 1.29 is 9.18 Å². The monoisotopic (exact) mass is 236 g/mol. The molecule has 1 saturated heterocycles. The second kappa shape index (κ2) is 5.27. The fourth-order valence-corrected chi connectivity index (χ4v) is 1.99. The summed E-state index contributed by atoms with van der Waals surface area (Å²) in [6.07, 6.45) is 1.91. The highest BCUT2D eigenvalue weighted by Gasteiger charge is 2.20. The van der Waals surface area contributed by atoms with Gasteiger partial charge in [0.1, 0.15) is 5.82 Å². The molecule has 4 heteroatoms. The minimum Gasteiger partial charge on any atom is -0.326 e. The standard InChI is InChI=1S/C13H17FN2O/c1-9-4-5-11(7-12(9)14)16-13(17)10-3-2-6-15-8-10/h4-5,7,10,15H,2-3,6,8H2,1H3,(H,16,17)/t10-/m1/s1. The van der Waals surface area contributed by atoms with Crippen LogP contribution in [-0.4, -0.2) is 19.0 Å². The lowest BCUT2D eigenvalue weighted by Gasteiger charge is -2.21. The van der Waals surface area contributed by atoms with Crippen molar-refractivity contribution in [1.29, 1.82) is 0 Å². The number of piperidine rings is 1. The Morgan fingerprint density at radius 2 is 2.35 bits per heavy atom. The van der Waals surface area contributed by atoms with Crippen molar-refractivity contribution in [2.24, 2.45) is 5.92 Å². The Labute approximate surface area is 100 Å². The summed E-state index contributed by atoms with van der Waals surface area (Å²) in [5, 5.41) is 5.95. The minimum absolute atomic E-state index is 0.00638. The van der Waals surface area contributed by atoms with Gasteiger partial charge in [0.05, 0.1) is 5.92 Å². The van der Waals surface area contributed by atoms with Crippen molar-refractivity contribution in [3.63, 3.8) is 0 Å². The summed E-state index contributed by atoms with van der Waals surface area (Å²) in [6, 6.07) is 4.76. The number of nitrogens with one attached hydrogen (secondary N) is 2. The fraction of sp³-hybridized carbons (Fsp3) is 0.462. The van der Waals surface area contributed by atoms with E-state index in [9.17, 15) is 9.18 Å². The van der Waals surface area contributed by atoms with Crippen molar-refractivity contribution in [2.45, 2.75) is 19.8 Å². The molecule has 1 aliphatic heterocycles. The summed E-state index contributed by atoms with van der Waals surface area (Å²) in [6.45, 7) is 3.38. The Bertz CT molecular complexity index is 414. The molecule has 1 heterocycles. The molecule has 1 aliphatic rings. The maximum atomic E-state index is 13.3. The Morgan fingerprint density at radius 3 is 3.00 bits per heavy atom. The van der Waals surface area contributed by atoms with Crippen LogP contribution >= 0.6 is 0 Å². The van der Waals surface area contributed by atoms with Gasteiger partial charge in [-0.3, -0.25) is 4.79 Å². The van der Waals surface area contributed by atoms with Crippen LogP contribution in [-0.2, 0) is 4.79 Å². The molecule has 0 spiro atoms. The Kier molecular flexibility index (Phi) is 3.74. The van der Waals surface area contributed by atoms with Crippen molar-refractivity contribution >= 4 is 11.6 Å². The topological polar surface area (TPSA) is 41.1 Å². The number of anilines is 1. The highest BCUT2D eigenvalue weighted by molar-refractivity contribution is 5.92. The molecule has 0 aromatic heterocycles. The van der Waals surface area contributed by atoms with Gasteiger partial charge in [-0.25, -0.2) is 4.39 Å². The van der Waals surface area contributed by atoms with Gasteiger partial charge in [0.2, 0.25) is 5.91 Å². The van der Waals surface area contributed by atoms with E-state index in [2.05, 4.69) is 10.6 Å². The van der Waals surface area contributed by atoms with Gasteiger partial charge in [-0.1, -0.05) is 6.07 Å². The molecule has 1 atom stereocenters. The van der Waals surface area contributed by atoms with Crippen LogP contribution in [0.2, 0.25) is 0 Å². The van der Waals surface area contributed by atoms with Gasteiger partial charge in [-0.15, -0.1) is 0 Å². The number of carbonyl (C=O) groups is 1. The largest absolute Gasteiger partial charge is 0.326 e. The van der Waals surface area contributed by atoms with Crippen LogP contribution in [0.4, 0.5) is 10.1 Å². The van der Waals surface area contributed by atoms with Gasteiger partial charge in [0.15, 0.2) is 0 Å². The van der Waals surface area contributed by atoms with Gasteiger partial charge in [0, 0.05) is 12.2 Å². The first-order chi connectivity index (χ1) is 8.16. The zero-order valence-corrected chi connectivity index (χ0v) is 9.92. The molecule has 1 aromatic carbocycles. The van der Waals surface area contributed by atoms with E-state index in [0.29, 0.717) is 17.8 Å². The summed E-state index contributed by atoms with van der Waals surface area (Å²) in [5.41, 5.74) is 1.12. The van der Waals surface area contributed by atoms with Crippen LogP contribution < -0.4 is 10.6 Å². The van der Waals surface area contributed by atoms with E-state index in [0.717, 1.165) is 19.4 Å². The second-order valence-corrected chi connectivity index (χ2v) is 4.50. The number of benzene rings is 1. The normalized spacial score (nSPS) is 20.0. The summed E-state index contributed by atoms with van der Waals surface area (Å²) >= 11 is 0. The predicted octanol–water partition coefficient (Wildman–Crippen LogP) is 2.07. The molecule has 1 fully saturated rings. The molecule has 2 N–H and O–H groups in total. The quantitative estimate of drug-likeness (QED) is 0.825. The van der Waals surface area contributed by atoms with Crippen molar-refractivity contribution in [1.82, 2.24) is 5.32 Å². The van der Waals surface area contributed by atoms with Gasteiger partial charge >= 0.3 is 0 Å². The molecule has 17 heavy (non-hydrogen) atoms. The van der Waals surface area contributed by atoms with E-state index in [1.165, 1.54) is 6.07 Å². The van der Waals surface area contributed by atoms with Crippen LogP contribution in [0.5, 0.6) is 0 Å². The van der Waals surface area contributed by atoms with Crippen LogP contribution in [0.15, 0.2) is 18.2 Å². The number of amides is 1. The molecule has 0 radical (unpaired) electrons. The minimum atomic E-state index is -0.287. The number of halogens is 1. The summed E-state index contributed by atoms with van der Waals surface area (Å²) in [7, 11) is 0. The predicted molar refractivity (Wildman–Crippen MR) is 65.4 cm³/mol. The third kappa shape index (κ3) is 3.03. The van der Waals surface area contributed by atoms with E-state index in [1.807, 2.05) is 0 Å². The molecule has 1 amide bonds. The maximum absolute atomic E-state index is 13.3. The van der Waals surface area contributed by atoms with Crippen LogP contribution in [0.1, 0.15) is 18.4 Å². The van der Waals surface area contributed by atoms with Crippen molar-refractivity contribution in [2.75, 3.05) is 18.4 Å². The van der Waals surface area contributed by atoms with Crippen LogP contribution in [0.25, 0.3) is 0 Å². The molecular weight excluding hydrogens is 219 g/mol. The van der Waals surface area contributed by atoms with Gasteiger partial charge in [-0.2, -0.15) is 0 Å². The summed E-state index contributed by atoms with van der Waals surface area (Å²) < 4.78 is 13.3. The van der Waals surface area contributed by atoms with E-state index < -0.39 is 0 Å². The first kappa shape index (κ1) is 12.0. The molecule has 0 unspecified atom stereocenters. The SMILES string of the molecule is Cc1ccc(NC(=O)[C@@H]2CCCNC2)cc1F. The first-order valence-corrected chi connectivity index (χ1v) is 5.94. The number of aryl methyl sites for hydroxylation is 1.